The van der Waals surface area contributed by atoms with Gasteiger partial charge in [-0.1, -0.05) is 6.07 Å². The van der Waals surface area contributed by atoms with Gasteiger partial charge in [-0.15, -0.1) is 0 Å². The van der Waals surface area contributed by atoms with Crippen LogP contribution in [0.3, 0.4) is 0 Å². The Hall–Kier alpha value is -0.700. The van der Waals surface area contributed by atoms with E-state index in [0.29, 0.717) is 0 Å². The fourth-order valence-corrected chi connectivity index (χ4v) is 2.31. The van der Waals surface area contributed by atoms with Crippen LogP contribution in [0.1, 0.15) is 22.3 Å². The fraction of sp³-hybridized carbons (Fsp3) is 0.500. The minimum atomic E-state index is -3.87. The number of aromatic nitrogens is 1. The van der Waals surface area contributed by atoms with E-state index in [1.165, 1.54) is 12.3 Å². The van der Waals surface area contributed by atoms with Crippen LogP contribution in [0.25, 0.3) is 0 Å². The van der Waals surface area contributed by atoms with Gasteiger partial charge in [-0.25, -0.2) is 0 Å². The lowest BCUT2D eigenvalue weighted by Crippen LogP contribution is -2.00. The highest BCUT2D eigenvalue weighted by atomic mass is 31.2. The first-order valence-electron chi connectivity index (χ1n) is 5.78. The smallest absolute Gasteiger partial charge is 0.309 e. The Kier molecular flexibility index (Phi) is 3.81. The van der Waals surface area contributed by atoms with Crippen molar-refractivity contribution in [2.75, 3.05) is 13.2 Å². The first-order chi connectivity index (χ1) is 7.98. The van der Waals surface area contributed by atoms with Gasteiger partial charge in [-0.2, -0.15) is 0 Å². The van der Waals surface area contributed by atoms with Crippen molar-refractivity contribution in [3.05, 3.63) is 30.1 Å². The maximum absolute atomic E-state index is 12.4. The first kappa shape index (κ1) is 9.52. The van der Waals surface area contributed by atoms with Gasteiger partial charge in [0.2, 0.25) is 0 Å². The molecule has 0 aliphatic heterocycles. The normalized spacial score (nSPS) is 14.5. The largest absolute Gasteiger partial charge is 0.336 e. The van der Waals surface area contributed by atoms with Crippen molar-refractivity contribution in [3.8, 4) is 0 Å². The zero-order valence-electron chi connectivity index (χ0n) is 10.8. The van der Waals surface area contributed by atoms with Crippen molar-refractivity contribution >= 4 is 7.60 Å². The zero-order chi connectivity index (χ0) is 12.9. The average molecular weight is 231 g/mol. The van der Waals surface area contributed by atoms with Crippen LogP contribution in [0.15, 0.2) is 24.4 Å². The van der Waals surface area contributed by atoms with Crippen molar-refractivity contribution in [2.45, 2.75) is 20.0 Å². The summed E-state index contributed by atoms with van der Waals surface area (Å²) in [5.41, 5.74) is 0.0465. The lowest BCUT2D eigenvalue weighted by Gasteiger charge is -2.16. The third kappa shape index (κ3) is 4.12. The Bertz CT molecular complexity index is 390. The minimum Gasteiger partial charge on any atom is -0.309 e. The minimum absolute atomic E-state index is 0.0465. The highest BCUT2D eigenvalue weighted by Crippen LogP contribution is 2.50. The van der Waals surface area contributed by atoms with Gasteiger partial charge in [-0.05, 0) is 26.0 Å². The van der Waals surface area contributed by atoms with Crippen LogP contribution in [0.2, 0.25) is 0 Å². The SMILES string of the molecule is [2H]C([2H])(c1ccccn1)P(=O)(OCC)OCC. The molecule has 0 amide bonds. The third-order valence-corrected chi connectivity index (χ3v) is 3.21. The summed E-state index contributed by atoms with van der Waals surface area (Å²) in [6.45, 7) is 3.51. The van der Waals surface area contributed by atoms with Gasteiger partial charge in [-0.3, -0.25) is 9.55 Å². The first-order valence-corrected chi connectivity index (χ1v) is 6.33. The number of pyridine rings is 1. The van der Waals surface area contributed by atoms with Crippen LogP contribution in [-0.2, 0) is 19.7 Å². The molecule has 0 bridgehead atoms. The van der Waals surface area contributed by atoms with Gasteiger partial charge in [0.1, 0.15) is 0 Å². The maximum Gasteiger partial charge on any atom is 0.336 e. The van der Waals surface area contributed by atoms with E-state index in [0.717, 1.165) is 0 Å². The molecule has 1 heterocycles. The molecule has 0 N–H and O–H groups in total. The van der Waals surface area contributed by atoms with Crippen LogP contribution in [0.5, 0.6) is 0 Å². The number of rotatable bonds is 6. The summed E-state index contributed by atoms with van der Waals surface area (Å²) < 4.78 is 38.2. The van der Waals surface area contributed by atoms with Crippen molar-refractivity contribution in [3.63, 3.8) is 0 Å². The van der Waals surface area contributed by atoms with Gasteiger partial charge in [0, 0.05) is 8.94 Å². The Balaban J connectivity index is 3.13. The molecule has 0 unspecified atom stereocenters. The molecular formula is C10H16NO3P. The van der Waals surface area contributed by atoms with Gasteiger partial charge >= 0.3 is 7.60 Å². The molecule has 0 saturated carbocycles. The second-order valence-electron chi connectivity index (χ2n) is 2.66. The molecular weight excluding hydrogens is 213 g/mol. The topological polar surface area (TPSA) is 48.4 Å². The Morgan fingerprint density at radius 1 is 1.40 bits per heavy atom. The van der Waals surface area contributed by atoms with E-state index in [1.54, 1.807) is 26.0 Å². The summed E-state index contributed by atoms with van der Waals surface area (Å²) in [4.78, 5) is 3.87. The molecule has 0 aromatic carbocycles. The van der Waals surface area contributed by atoms with Crippen LogP contribution in [-0.4, -0.2) is 18.2 Å². The fourth-order valence-electron chi connectivity index (χ4n) is 1.01. The number of hydrogen-bond acceptors (Lipinski definition) is 4. The van der Waals surface area contributed by atoms with Gasteiger partial charge in [0.25, 0.3) is 0 Å². The standard InChI is InChI=1S/C10H16NO3P/c1-3-13-15(12,14-4-2)9-10-7-5-6-8-11-10/h5-8H,3-4,9H2,1-2H3/i9D2. The predicted molar refractivity (Wildman–Crippen MR) is 58.8 cm³/mol. The second kappa shape index (κ2) is 6.01. The quantitative estimate of drug-likeness (QED) is 0.706. The average Bonchev–Trinajstić information content (AvgIpc) is 2.30. The van der Waals surface area contributed by atoms with Crippen LogP contribution in [0.4, 0.5) is 0 Å². The molecule has 1 aromatic heterocycles. The highest BCUT2D eigenvalue weighted by molar-refractivity contribution is 7.53. The highest BCUT2D eigenvalue weighted by Gasteiger charge is 2.24. The summed E-state index contributed by atoms with van der Waals surface area (Å²) in [7, 11) is -3.87. The van der Waals surface area contributed by atoms with Crippen LogP contribution < -0.4 is 0 Å². The van der Waals surface area contributed by atoms with E-state index in [4.69, 9.17) is 11.8 Å². The maximum atomic E-state index is 12.4. The molecule has 0 spiro atoms. The predicted octanol–water partition coefficient (Wildman–Crippen LogP) is 2.85. The lowest BCUT2D eigenvalue weighted by molar-refractivity contribution is 0.219. The molecule has 0 fully saturated rings. The molecule has 0 atom stereocenters. The number of hydrogen-bond donors (Lipinski definition) is 0. The zero-order valence-corrected chi connectivity index (χ0v) is 9.74. The van der Waals surface area contributed by atoms with Gasteiger partial charge in [0.15, 0.2) is 0 Å². The van der Waals surface area contributed by atoms with E-state index in [-0.39, 0.29) is 18.9 Å². The number of nitrogens with zero attached hydrogens (tertiary/aromatic N) is 1. The summed E-state index contributed by atoms with van der Waals surface area (Å²) >= 11 is 0. The summed E-state index contributed by atoms with van der Waals surface area (Å²) in [5.74, 6) is 0. The Morgan fingerprint density at radius 3 is 2.53 bits per heavy atom. The van der Waals surface area contributed by atoms with Crippen LogP contribution in [0, 0.1) is 0 Å². The molecule has 84 valence electrons. The van der Waals surface area contributed by atoms with Gasteiger partial charge < -0.3 is 9.05 Å². The van der Waals surface area contributed by atoms with Crippen molar-refractivity contribution in [2.24, 2.45) is 0 Å². The molecule has 5 heteroatoms. The summed E-state index contributed by atoms with van der Waals surface area (Å²) in [6.07, 6.45) is -0.810. The summed E-state index contributed by atoms with van der Waals surface area (Å²) in [6, 6.07) is 4.75. The molecule has 0 radical (unpaired) electrons. The van der Waals surface area contributed by atoms with Gasteiger partial charge in [0.05, 0.1) is 25.0 Å². The molecule has 4 nitrogen and oxygen atoms in total. The second-order valence-corrected chi connectivity index (χ2v) is 4.39. The molecule has 1 rings (SSSR count). The molecule has 0 aliphatic rings. The lowest BCUT2D eigenvalue weighted by atomic mass is 10.4. The van der Waals surface area contributed by atoms with E-state index in [2.05, 4.69) is 4.98 Å². The summed E-state index contributed by atoms with van der Waals surface area (Å²) in [5, 5.41) is 0. The van der Waals surface area contributed by atoms with E-state index >= 15 is 0 Å². The monoisotopic (exact) mass is 231 g/mol. The van der Waals surface area contributed by atoms with E-state index < -0.39 is 13.7 Å². The van der Waals surface area contributed by atoms with Crippen LogP contribution >= 0.6 is 7.60 Å². The molecule has 1 aromatic rings. The molecule has 0 aliphatic carbocycles. The third-order valence-electron chi connectivity index (χ3n) is 1.51. The van der Waals surface area contributed by atoms with Crippen molar-refractivity contribution in [1.29, 1.82) is 0 Å². The Morgan fingerprint density at radius 2 is 2.07 bits per heavy atom. The van der Waals surface area contributed by atoms with E-state index in [1.807, 2.05) is 0 Å². The van der Waals surface area contributed by atoms with E-state index in [9.17, 15) is 4.57 Å². The molecule has 0 saturated heterocycles. The molecule has 15 heavy (non-hydrogen) atoms. The van der Waals surface area contributed by atoms with Crippen molar-refractivity contribution < 1.29 is 16.4 Å². The Labute approximate surface area is 93.0 Å². The van der Waals surface area contributed by atoms with Crippen molar-refractivity contribution in [1.82, 2.24) is 4.98 Å².